The van der Waals surface area contributed by atoms with Crippen molar-refractivity contribution >= 4 is 5.91 Å². The predicted octanol–water partition coefficient (Wildman–Crippen LogP) is 2.87. The second kappa shape index (κ2) is 9.36. The summed E-state index contributed by atoms with van der Waals surface area (Å²) >= 11 is 0. The first kappa shape index (κ1) is 21.3. The first-order valence-corrected chi connectivity index (χ1v) is 9.36. The second-order valence-electron chi connectivity index (χ2n) is 6.68. The molecule has 0 bridgehead atoms. The number of unbranched alkanes of at least 4 members (excludes halogenated alkanes) is 1. The zero-order valence-corrected chi connectivity index (χ0v) is 15.7. The van der Waals surface area contributed by atoms with Crippen LogP contribution in [-0.4, -0.2) is 60.0 Å². The lowest BCUT2D eigenvalue weighted by atomic mass is 10.2. The fraction of sp³-hybridized carbons (Fsp3) is 0.474. The van der Waals surface area contributed by atoms with Crippen LogP contribution in [0, 0.1) is 5.82 Å². The van der Waals surface area contributed by atoms with Crippen molar-refractivity contribution in [2.45, 2.75) is 19.0 Å². The Hall–Kier alpha value is -2.46. The third kappa shape index (κ3) is 5.33. The van der Waals surface area contributed by atoms with Crippen molar-refractivity contribution in [2.75, 3.05) is 39.4 Å². The van der Waals surface area contributed by atoms with Crippen molar-refractivity contribution in [3.8, 4) is 5.69 Å². The maximum Gasteiger partial charge on any atom is 0.434 e. The van der Waals surface area contributed by atoms with E-state index >= 15 is 0 Å². The smallest absolute Gasteiger partial charge is 0.379 e. The van der Waals surface area contributed by atoms with Gasteiger partial charge in [-0.2, -0.15) is 18.3 Å². The van der Waals surface area contributed by atoms with Crippen molar-refractivity contribution in [3.63, 3.8) is 0 Å². The number of para-hydroxylation sites is 1. The number of alkyl halides is 3. The Bertz CT molecular complexity index is 832. The van der Waals surface area contributed by atoms with Gasteiger partial charge in [0.05, 0.1) is 25.0 Å². The van der Waals surface area contributed by atoms with E-state index < -0.39 is 29.2 Å². The number of aromatic nitrogens is 2. The highest BCUT2D eigenvalue weighted by Crippen LogP contribution is 2.34. The fourth-order valence-electron chi connectivity index (χ4n) is 3.18. The number of nitrogens with zero attached hydrogens (tertiary/aromatic N) is 3. The molecule has 0 unspecified atom stereocenters. The zero-order chi connectivity index (χ0) is 20.9. The second-order valence-corrected chi connectivity index (χ2v) is 6.68. The molecular formula is C19H22F4N4O2. The van der Waals surface area contributed by atoms with Gasteiger partial charge in [0.2, 0.25) is 0 Å². The molecule has 10 heteroatoms. The summed E-state index contributed by atoms with van der Waals surface area (Å²) in [6.07, 6.45) is -2.62. The number of halogens is 4. The van der Waals surface area contributed by atoms with Crippen LogP contribution in [0.2, 0.25) is 0 Å². The SMILES string of the molecule is O=C(NCCCCN1CCOCC1)c1cnn(-c2ccccc2F)c1C(F)(F)F. The molecule has 0 saturated carbocycles. The van der Waals surface area contributed by atoms with E-state index in [1.54, 1.807) is 0 Å². The molecule has 1 aromatic carbocycles. The first-order chi connectivity index (χ1) is 13.9. The molecular weight excluding hydrogens is 392 g/mol. The van der Waals surface area contributed by atoms with E-state index in [9.17, 15) is 22.4 Å². The van der Waals surface area contributed by atoms with Gasteiger partial charge >= 0.3 is 6.18 Å². The largest absolute Gasteiger partial charge is 0.434 e. The third-order valence-corrected chi connectivity index (χ3v) is 4.65. The number of carbonyl (C=O) groups is 1. The van der Waals surface area contributed by atoms with Crippen LogP contribution >= 0.6 is 0 Å². The number of nitrogens with one attached hydrogen (secondary N) is 1. The van der Waals surface area contributed by atoms with Crippen LogP contribution in [0.4, 0.5) is 17.6 Å². The Morgan fingerprint density at radius 1 is 1.17 bits per heavy atom. The molecule has 0 aliphatic carbocycles. The van der Waals surface area contributed by atoms with E-state index in [0.717, 1.165) is 38.3 Å². The van der Waals surface area contributed by atoms with Gasteiger partial charge in [-0.25, -0.2) is 9.07 Å². The summed E-state index contributed by atoms with van der Waals surface area (Å²) in [5, 5.41) is 6.12. The minimum absolute atomic E-state index is 0.241. The summed E-state index contributed by atoms with van der Waals surface area (Å²) in [6.45, 7) is 4.20. The number of ether oxygens (including phenoxy) is 1. The molecule has 1 aromatic heterocycles. The van der Waals surface area contributed by atoms with Crippen LogP contribution in [0.5, 0.6) is 0 Å². The van der Waals surface area contributed by atoms with Gasteiger partial charge in [-0.1, -0.05) is 12.1 Å². The van der Waals surface area contributed by atoms with Crippen molar-refractivity contribution in [3.05, 3.63) is 47.5 Å². The van der Waals surface area contributed by atoms with Gasteiger partial charge in [0, 0.05) is 19.6 Å². The molecule has 0 atom stereocenters. The molecule has 0 radical (unpaired) electrons. The molecule has 1 fully saturated rings. The summed E-state index contributed by atoms with van der Waals surface area (Å²) in [5.74, 6) is -1.75. The molecule has 0 spiro atoms. The number of morpholine rings is 1. The van der Waals surface area contributed by atoms with Gasteiger partial charge in [0.1, 0.15) is 11.5 Å². The minimum Gasteiger partial charge on any atom is -0.379 e. The van der Waals surface area contributed by atoms with Crippen LogP contribution in [0.25, 0.3) is 5.69 Å². The van der Waals surface area contributed by atoms with Gasteiger partial charge in [-0.3, -0.25) is 9.69 Å². The van der Waals surface area contributed by atoms with Crippen LogP contribution in [-0.2, 0) is 10.9 Å². The van der Waals surface area contributed by atoms with E-state index in [-0.39, 0.29) is 12.2 Å². The average molecular weight is 414 g/mol. The molecule has 2 aromatic rings. The summed E-state index contributed by atoms with van der Waals surface area (Å²) in [4.78, 5) is 14.6. The Kier molecular flexibility index (Phi) is 6.86. The van der Waals surface area contributed by atoms with E-state index in [1.165, 1.54) is 18.2 Å². The van der Waals surface area contributed by atoms with Crippen LogP contribution in [0.3, 0.4) is 0 Å². The van der Waals surface area contributed by atoms with Gasteiger partial charge in [0.25, 0.3) is 5.91 Å². The van der Waals surface area contributed by atoms with Crippen LogP contribution in [0.15, 0.2) is 30.5 Å². The first-order valence-electron chi connectivity index (χ1n) is 9.36. The summed E-state index contributed by atoms with van der Waals surface area (Å²) in [5.41, 5.74) is -2.30. The van der Waals surface area contributed by atoms with Gasteiger partial charge in [-0.15, -0.1) is 0 Å². The van der Waals surface area contributed by atoms with Gasteiger partial charge in [-0.05, 0) is 31.5 Å². The summed E-state index contributed by atoms with van der Waals surface area (Å²) in [7, 11) is 0. The number of rotatable bonds is 7. The third-order valence-electron chi connectivity index (χ3n) is 4.65. The highest BCUT2D eigenvalue weighted by molar-refractivity contribution is 5.95. The Balaban J connectivity index is 1.63. The van der Waals surface area contributed by atoms with E-state index in [2.05, 4.69) is 15.3 Å². The Morgan fingerprint density at radius 2 is 1.90 bits per heavy atom. The topological polar surface area (TPSA) is 59.4 Å². The normalized spacial score (nSPS) is 15.4. The van der Waals surface area contributed by atoms with Gasteiger partial charge in [0.15, 0.2) is 5.69 Å². The Labute approximate surface area is 165 Å². The monoisotopic (exact) mass is 414 g/mol. The van der Waals surface area contributed by atoms with Crippen molar-refractivity contribution in [1.29, 1.82) is 0 Å². The van der Waals surface area contributed by atoms with E-state index in [4.69, 9.17) is 4.74 Å². The number of hydrogen-bond donors (Lipinski definition) is 1. The Morgan fingerprint density at radius 3 is 2.59 bits per heavy atom. The molecule has 1 N–H and O–H groups in total. The highest BCUT2D eigenvalue weighted by atomic mass is 19.4. The van der Waals surface area contributed by atoms with Crippen molar-refractivity contribution in [1.82, 2.24) is 20.0 Å². The maximum atomic E-state index is 14.0. The molecule has 2 heterocycles. The molecule has 29 heavy (non-hydrogen) atoms. The standard InChI is InChI=1S/C19H22F4N4O2/c20-15-5-1-2-6-16(15)27-17(19(21,22)23)14(13-25-27)18(28)24-7-3-4-8-26-9-11-29-12-10-26/h1-2,5-6,13H,3-4,7-12H2,(H,24,28). The predicted molar refractivity (Wildman–Crippen MR) is 97.4 cm³/mol. The fourth-order valence-corrected chi connectivity index (χ4v) is 3.18. The minimum atomic E-state index is -4.87. The number of benzene rings is 1. The number of amides is 1. The van der Waals surface area contributed by atoms with Crippen LogP contribution in [0.1, 0.15) is 28.9 Å². The molecule has 1 aliphatic heterocycles. The quantitative estimate of drug-likeness (QED) is 0.559. The molecule has 3 rings (SSSR count). The average Bonchev–Trinajstić information content (AvgIpc) is 3.14. The number of hydrogen-bond acceptors (Lipinski definition) is 4. The molecule has 6 nitrogen and oxygen atoms in total. The van der Waals surface area contributed by atoms with E-state index in [0.29, 0.717) is 24.3 Å². The van der Waals surface area contributed by atoms with Crippen molar-refractivity contribution in [2.24, 2.45) is 0 Å². The van der Waals surface area contributed by atoms with Crippen LogP contribution < -0.4 is 5.32 Å². The lowest BCUT2D eigenvalue weighted by Gasteiger charge is -2.26. The van der Waals surface area contributed by atoms with E-state index in [1.807, 2.05) is 0 Å². The molecule has 158 valence electrons. The summed E-state index contributed by atoms with van der Waals surface area (Å²) in [6, 6.07) is 4.96. The maximum absolute atomic E-state index is 14.0. The molecule has 1 saturated heterocycles. The lowest BCUT2D eigenvalue weighted by molar-refractivity contribution is -0.143. The van der Waals surface area contributed by atoms with Crippen molar-refractivity contribution < 1.29 is 27.1 Å². The summed E-state index contributed by atoms with van der Waals surface area (Å²) < 4.78 is 60.4. The number of carbonyl (C=O) groups excluding carboxylic acids is 1. The van der Waals surface area contributed by atoms with Gasteiger partial charge < -0.3 is 10.1 Å². The zero-order valence-electron chi connectivity index (χ0n) is 15.7. The molecule has 1 aliphatic rings. The highest BCUT2D eigenvalue weighted by Gasteiger charge is 2.40. The molecule has 1 amide bonds. The lowest BCUT2D eigenvalue weighted by Crippen LogP contribution is -2.37.